The summed E-state index contributed by atoms with van der Waals surface area (Å²) in [6.07, 6.45) is 0. The van der Waals surface area contributed by atoms with Gasteiger partial charge in [-0.15, -0.1) is 13.2 Å². The molecule has 1 aliphatic rings. The molecule has 0 saturated carbocycles. The van der Waals surface area contributed by atoms with Gasteiger partial charge in [-0.25, -0.2) is 4.39 Å². The number of benzene rings is 1. The van der Waals surface area contributed by atoms with E-state index in [2.05, 4.69) is 36.9 Å². The lowest BCUT2D eigenvalue weighted by Crippen LogP contribution is -2.28. The Morgan fingerprint density at radius 1 is 1.14 bits per heavy atom. The number of hydrogen-bond acceptors (Lipinski definition) is 3. The molecule has 0 bridgehead atoms. The molecule has 4 heteroatoms. The average Bonchev–Trinajstić information content (AvgIpc) is 2.52. The molecule has 21 heavy (non-hydrogen) atoms. The second-order valence-electron chi connectivity index (χ2n) is 4.56. The van der Waals surface area contributed by atoms with Gasteiger partial charge < -0.3 is 16.4 Å². The number of halogens is 1. The van der Waals surface area contributed by atoms with Crippen LogP contribution >= 0.6 is 0 Å². The average molecular weight is 287 g/mol. The zero-order valence-electron chi connectivity index (χ0n) is 12.4. The summed E-state index contributed by atoms with van der Waals surface area (Å²) in [4.78, 5) is 0. The maximum Gasteiger partial charge on any atom is 0.128 e. The summed E-state index contributed by atoms with van der Waals surface area (Å²) in [7, 11) is 1.86. The molecule has 1 aromatic carbocycles. The van der Waals surface area contributed by atoms with Crippen LogP contribution in [0.5, 0.6) is 0 Å². The molecule has 2 rings (SSSR count). The molecule has 4 N–H and O–H groups in total. The van der Waals surface area contributed by atoms with Crippen LogP contribution in [0.4, 0.5) is 4.39 Å². The summed E-state index contributed by atoms with van der Waals surface area (Å²) in [5, 5.41) is 6.15. The smallest absolute Gasteiger partial charge is 0.128 e. The van der Waals surface area contributed by atoms with Gasteiger partial charge in [0.2, 0.25) is 0 Å². The standard InChI is InChI=1S/C15H18FN3.C2H4/c1-9-10(2)15(14(9)17)19-8-12-6-11(7-18-3)4-5-13(12)16;1-2/h4-6,18-19H,1-2,7-8,17H2,3H3;1-2H2. The van der Waals surface area contributed by atoms with E-state index in [9.17, 15) is 4.39 Å². The molecule has 0 amide bonds. The van der Waals surface area contributed by atoms with E-state index in [1.54, 1.807) is 6.07 Å². The van der Waals surface area contributed by atoms with Crippen LogP contribution in [0.25, 0.3) is 0 Å². The summed E-state index contributed by atoms with van der Waals surface area (Å²) in [5.74, 6) is -0.227. The van der Waals surface area contributed by atoms with E-state index < -0.39 is 0 Å². The van der Waals surface area contributed by atoms with E-state index in [4.69, 9.17) is 5.73 Å². The van der Waals surface area contributed by atoms with Crippen LogP contribution in [0.15, 0.2) is 67.1 Å². The molecule has 0 spiro atoms. The molecule has 0 heterocycles. The molecule has 0 aromatic heterocycles. The van der Waals surface area contributed by atoms with Crippen molar-refractivity contribution in [3.05, 3.63) is 84.0 Å². The van der Waals surface area contributed by atoms with Crippen molar-refractivity contribution in [2.45, 2.75) is 13.1 Å². The molecule has 1 aromatic rings. The second kappa shape index (κ2) is 7.45. The van der Waals surface area contributed by atoms with Gasteiger partial charge in [0.25, 0.3) is 0 Å². The Bertz CT molecular complexity index is 588. The zero-order chi connectivity index (χ0) is 16.0. The van der Waals surface area contributed by atoms with E-state index >= 15 is 0 Å². The first-order valence-corrected chi connectivity index (χ1v) is 6.59. The molecule has 0 fully saturated rings. The minimum absolute atomic E-state index is 0.227. The van der Waals surface area contributed by atoms with Gasteiger partial charge in [0.15, 0.2) is 0 Å². The molecule has 0 saturated heterocycles. The van der Waals surface area contributed by atoms with Crippen LogP contribution < -0.4 is 16.4 Å². The number of rotatable bonds is 5. The lowest BCUT2D eigenvalue weighted by Gasteiger charge is -2.27. The van der Waals surface area contributed by atoms with Crippen molar-refractivity contribution in [1.29, 1.82) is 0 Å². The minimum Gasteiger partial charge on any atom is -0.397 e. The number of nitrogens with one attached hydrogen (secondary N) is 2. The fourth-order valence-corrected chi connectivity index (χ4v) is 2.03. The summed E-state index contributed by atoms with van der Waals surface area (Å²) in [6, 6.07) is 5.09. The van der Waals surface area contributed by atoms with Crippen LogP contribution in [0.1, 0.15) is 11.1 Å². The minimum atomic E-state index is -0.227. The topological polar surface area (TPSA) is 50.1 Å². The number of allylic oxidation sites excluding steroid dienone is 2. The Hall–Kier alpha value is -2.33. The quantitative estimate of drug-likeness (QED) is 0.730. The molecular formula is C17H22FN3. The lowest BCUT2D eigenvalue weighted by atomic mass is 9.90. The van der Waals surface area contributed by atoms with Crippen LogP contribution in [-0.4, -0.2) is 7.05 Å². The fraction of sp³-hybridized carbons (Fsp3) is 0.176. The molecule has 112 valence electrons. The van der Waals surface area contributed by atoms with Gasteiger partial charge in [-0.3, -0.25) is 0 Å². The van der Waals surface area contributed by atoms with Gasteiger partial charge >= 0.3 is 0 Å². The second-order valence-corrected chi connectivity index (χ2v) is 4.56. The zero-order valence-corrected chi connectivity index (χ0v) is 12.4. The highest BCUT2D eigenvalue weighted by molar-refractivity contribution is 5.65. The third-order valence-electron chi connectivity index (χ3n) is 3.21. The Balaban J connectivity index is 0.00000106. The van der Waals surface area contributed by atoms with Crippen LogP contribution in [0.2, 0.25) is 0 Å². The maximum absolute atomic E-state index is 13.7. The highest BCUT2D eigenvalue weighted by Crippen LogP contribution is 2.32. The van der Waals surface area contributed by atoms with Crippen molar-refractivity contribution < 1.29 is 4.39 Å². The van der Waals surface area contributed by atoms with E-state index in [0.717, 1.165) is 22.4 Å². The predicted molar refractivity (Wildman–Crippen MR) is 86.8 cm³/mol. The van der Waals surface area contributed by atoms with Gasteiger partial charge in [-0.05, 0) is 24.7 Å². The van der Waals surface area contributed by atoms with Crippen molar-refractivity contribution in [2.24, 2.45) is 5.73 Å². The molecule has 3 nitrogen and oxygen atoms in total. The van der Waals surface area contributed by atoms with E-state index in [-0.39, 0.29) is 5.82 Å². The Morgan fingerprint density at radius 3 is 2.38 bits per heavy atom. The van der Waals surface area contributed by atoms with Crippen LogP contribution in [0.3, 0.4) is 0 Å². The first kappa shape index (κ1) is 16.7. The Labute approximate surface area is 125 Å². The highest BCUT2D eigenvalue weighted by atomic mass is 19.1. The van der Waals surface area contributed by atoms with Crippen molar-refractivity contribution in [1.82, 2.24) is 10.6 Å². The molecule has 0 atom stereocenters. The monoisotopic (exact) mass is 287 g/mol. The first-order chi connectivity index (χ1) is 10.0. The van der Waals surface area contributed by atoms with E-state index in [1.165, 1.54) is 6.07 Å². The summed E-state index contributed by atoms with van der Waals surface area (Å²) in [6.45, 7) is 14.7. The maximum atomic E-state index is 13.7. The van der Waals surface area contributed by atoms with Crippen molar-refractivity contribution in [2.75, 3.05) is 7.05 Å². The van der Waals surface area contributed by atoms with Gasteiger partial charge in [0, 0.05) is 29.8 Å². The van der Waals surface area contributed by atoms with Gasteiger partial charge in [-0.1, -0.05) is 19.2 Å². The highest BCUT2D eigenvalue weighted by Gasteiger charge is 2.23. The van der Waals surface area contributed by atoms with Crippen molar-refractivity contribution in [3.63, 3.8) is 0 Å². The molecular weight excluding hydrogens is 265 g/mol. The SMILES string of the molecule is C=C.C=C1C(=C)C(NCc2cc(CNC)ccc2F)=C1N. The lowest BCUT2D eigenvalue weighted by molar-refractivity contribution is 0.598. The van der Waals surface area contributed by atoms with Gasteiger partial charge in [-0.2, -0.15) is 0 Å². The summed E-state index contributed by atoms with van der Waals surface area (Å²) >= 11 is 0. The van der Waals surface area contributed by atoms with Crippen molar-refractivity contribution in [3.8, 4) is 0 Å². The predicted octanol–water partition coefficient (Wildman–Crippen LogP) is 2.73. The summed E-state index contributed by atoms with van der Waals surface area (Å²) < 4.78 is 13.7. The number of nitrogens with two attached hydrogens (primary N) is 1. The van der Waals surface area contributed by atoms with Crippen LogP contribution in [-0.2, 0) is 13.1 Å². The third kappa shape index (κ3) is 3.61. The van der Waals surface area contributed by atoms with E-state index in [0.29, 0.717) is 24.4 Å². The normalized spacial score (nSPS) is 13.4. The largest absolute Gasteiger partial charge is 0.397 e. The fourth-order valence-electron chi connectivity index (χ4n) is 2.03. The molecule has 0 aliphatic heterocycles. The Kier molecular flexibility index (Phi) is 5.93. The third-order valence-corrected chi connectivity index (χ3v) is 3.21. The van der Waals surface area contributed by atoms with Crippen LogP contribution in [0, 0.1) is 5.82 Å². The van der Waals surface area contributed by atoms with Gasteiger partial charge in [0.1, 0.15) is 5.82 Å². The number of hydrogen-bond donors (Lipinski definition) is 3. The molecule has 1 aliphatic carbocycles. The van der Waals surface area contributed by atoms with E-state index in [1.807, 2.05) is 13.1 Å². The van der Waals surface area contributed by atoms with Gasteiger partial charge in [0.05, 0.1) is 11.4 Å². The first-order valence-electron chi connectivity index (χ1n) is 6.59. The molecule has 0 unspecified atom stereocenters. The summed E-state index contributed by atoms with van der Waals surface area (Å²) in [5.41, 5.74) is 10.4. The van der Waals surface area contributed by atoms with Crippen molar-refractivity contribution >= 4 is 0 Å². The molecule has 0 radical (unpaired) electrons. The Morgan fingerprint density at radius 2 is 1.81 bits per heavy atom.